The summed E-state index contributed by atoms with van der Waals surface area (Å²) >= 11 is 1.71. The lowest BCUT2D eigenvalue weighted by Gasteiger charge is -2.13. The van der Waals surface area contributed by atoms with E-state index in [0.29, 0.717) is 0 Å². The zero-order chi connectivity index (χ0) is 18.9. The highest BCUT2D eigenvalue weighted by Gasteiger charge is 2.11. The number of aromatic nitrogens is 1. The number of nitrogens with one attached hydrogen (secondary N) is 1. The number of rotatable bonds is 5. The van der Waals surface area contributed by atoms with Crippen molar-refractivity contribution in [3.63, 3.8) is 0 Å². The van der Waals surface area contributed by atoms with E-state index in [4.69, 9.17) is 5.73 Å². The highest BCUT2D eigenvalue weighted by molar-refractivity contribution is 7.99. The van der Waals surface area contributed by atoms with E-state index in [2.05, 4.69) is 51.3 Å². The molecule has 1 heterocycles. The lowest BCUT2D eigenvalue weighted by Crippen LogP contribution is -2.11. The van der Waals surface area contributed by atoms with Crippen molar-refractivity contribution in [2.45, 2.75) is 48.3 Å². The van der Waals surface area contributed by atoms with Gasteiger partial charge in [0.2, 0.25) is 5.96 Å². The number of nitrogens with two attached hydrogens (primary N) is 1. The number of guanidine groups is 1. The Hall–Kier alpha value is -2.60. The Labute approximate surface area is 164 Å². The standard InChI is InChI=1S/C21H25N5S/c1-23-21(22)26-20(16-6-4-2-3-5-7-16)25-17-8-10-18(11-9-17)27-19-12-14-24-15-13-19/h8-15,25H,1-7H2,(H2,22,26). The van der Waals surface area contributed by atoms with Gasteiger partial charge in [-0.2, -0.15) is 4.99 Å². The predicted octanol–water partition coefficient (Wildman–Crippen LogP) is 5.23. The Balaban J connectivity index is 1.77. The predicted molar refractivity (Wildman–Crippen MR) is 114 cm³/mol. The largest absolute Gasteiger partial charge is 0.368 e. The maximum absolute atomic E-state index is 5.82. The van der Waals surface area contributed by atoms with Crippen LogP contribution in [0, 0.1) is 0 Å². The molecule has 1 aliphatic rings. The van der Waals surface area contributed by atoms with Gasteiger partial charge in [0.05, 0.1) is 0 Å². The van der Waals surface area contributed by atoms with Crippen LogP contribution >= 0.6 is 11.8 Å². The molecule has 27 heavy (non-hydrogen) atoms. The fourth-order valence-corrected chi connectivity index (χ4v) is 3.82. The lowest BCUT2D eigenvalue weighted by molar-refractivity contribution is 0.702. The Morgan fingerprint density at radius 3 is 2.22 bits per heavy atom. The van der Waals surface area contributed by atoms with Crippen molar-refractivity contribution in [2.24, 2.45) is 15.7 Å². The molecular weight excluding hydrogens is 354 g/mol. The second-order valence-electron chi connectivity index (χ2n) is 6.43. The Morgan fingerprint density at radius 2 is 1.59 bits per heavy atom. The van der Waals surface area contributed by atoms with Gasteiger partial charge in [-0.1, -0.05) is 24.6 Å². The fraction of sp³-hybridized carbons (Fsp3) is 0.286. The summed E-state index contributed by atoms with van der Waals surface area (Å²) in [5.41, 5.74) is 8.12. The number of benzene rings is 1. The monoisotopic (exact) mass is 379 g/mol. The van der Waals surface area contributed by atoms with Crippen molar-refractivity contribution in [1.29, 1.82) is 0 Å². The van der Waals surface area contributed by atoms with E-state index in [9.17, 15) is 0 Å². The van der Waals surface area contributed by atoms with E-state index < -0.39 is 0 Å². The van der Waals surface area contributed by atoms with Gasteiger partial charge in [0.15, 0.2) is 0 Å². The molecule has 3 rings (SSSR count). The van der Waals surface area contributed by atoms with Gasteiger partial charge in [0.25, 0.3) is 0 Å². The molecule has 0 atom stereocenters. The summed E-state index contributed by atoms with van der Waals surface area (Å²) in [7, 11) is 0. The third-order valence-corrected chi connectivity index (χ3v) is 5.45. The normalized spacial score (nSPS) is 15.1. The third kappa shape index (κ3) is 5.96. The molecule has 0 radical (unpaired) electrons. The molecule has 0 saturated heterocycles. The van der Waals surface area contributed by atoms with Crippen LogP contribution in [0.25, 0.3) is 0 Å². The number of hydrogen-bond acceptors (Lipinski definition) is 4. The molecule has 1 aromatic carbocycles. The summed E-state index contributed by atoms with van der Waals surface area (Å²) < 4.78 is 0. The number of anilines is 1. The summed E-state index contributed by atoms with van der Waals surface area (Å²) in [5.74, 6) is 1.01. The van der Waals surface area contributed by atoms with Gasteiger partial charge in [-0.15, -0.1) is 0 Å². The van der Waals surface area contributed by atoms with E-state index in [1.54, 1.807) is 24.2 Å². The topological polar surface area (TPSA) is 75.7 Å². The first-order valence-corrected chi connectivity index (χ1v) is 10.0. The number of allylic oxidation sites excluding steroid dienone is 1. The molecule has 3 N–H and O–H groups in total. The first kappa shape index (κ1) is 19.2. The smallest absolute Gasteiger partial charge is 0.221 e. The second-order valence-corrected chi connectivity index (χ2v) is 7.58. The number of hydrogen-bond donors (Lipinski definition) is 2. The van der Waals surface area contributed by atoms with Crippen LogP contribution in [0.2, 0.25) is 0 Å². The van der Waals surface area contributed by atoms with E-state index >= 15 is 0 Å². The van der Waals surface area contributed by atoms with Crippen LogP contribution in [0.3, 0.4) is 0 Å². The molecule has 1 saturated carbocycles. The zero-order valence-electron chi connectivity index (χ0n) is 15.4. The minimum Gasteiger partial charge on any atom is -0.368 e. The summed E-state index contributed by atoms with van der Waals surface area (Å²) in [6.45, 7) is 3.47. The molecule has 140 valence electrons. The van der Waals surface area contributed by atoms with Crippen molar-refractivity contribution in [3.05, 3.63) is 60.2 Å². The van der Waals surface area contributed by atoms with Crippen LogP contribution in [0.5, 0.6) is 0 Å². The van der Waals surface area contributed by atoms with Crippen molar-refractivity contribution in [3.8, 4) is 0 Å². The fourth-order valence-electron chi connectivity index (χ4n) is 3.02. The van der Waals surface area contributed by atoms with Crippen LogP contribution in [0.4, 0.5) is 5.69 Å². The quantitative estimate of drug-likeness (QED) is 0.424. The summed E-state index contributed by atoms with van der Waals surface area (Å²) in [4.78, 5) is 14.6. The minimum atomic E-state index is 0.194. The third-order valence-electron chi connectivity index (χ3n) is 4.43. The highest BCUT2D eigenvalue weighted by atomic mass is 32.2. The molecular formula is C21H25N5S. The zero-order valence-corrected chi connectivity index (χ0v) is 16.2. The molecule has 0 unspecified atom stereocenters. The summed E-state index contributed by atoms with van der Waals surface area (Å²) in [5, 5.41) is 3.44. The Bertz CT molecular complexity index is 802. The van der Waals surface area contributed by atoms with Crippen LogP contribution in [0.15, 0.2) is 80.0 Å². The van der Waals surface area contributed by atoms with Crippen molar-refractivity contribution >= 4 is 30.1 Å². The molecule has 2 aromatic rings. The molecule has 6 heteroatoms. The van der Waals surface area contributed by atoms with Crippen molar-refractivity contribution < 1.29 is 0 Å². The van der Waals surface area contributed by atoms with Gasteiger partial charge in [0.1, 0.15) is 5.82 Å². The van der Waals surface area contributed by atoms with Gasteiger partial charge in [-0.25, -0.2) is 4.99 Å². The number of aliphatic imine (C=N–C) groups is 2. The number of nitrogens with zero attached hydrogens (tertiary/aromatic N) is 3. The van der Waals surface area contributed by atoms with Crippen LogP contribution in [0.1, 0.15) is 38.5 Å². The highest BCUT2D eigenvalue weighted by Crippen LogP contribution is 2.30. The van der Waals surface area contributed by atoms with Crippen molar-refractivity contribution in [1.82, 2.24) is 4.98 Å². The van der Waals surface area contributed by atoms with E-state index in [1.165, 1.54) is 41.0 Å². The lowest BCUT2D eigenvalue weighted by atomic mass is 10.1. The van der Waals surface area contributed by atoms with E-state index in [-0.39, 0.29) is 5.96 Å². The van der Waals surface area contributed by atoms with E-state index in [0.717, 1.165) is 24.4 Å². The molecule has 1 fully saturated rings. The Kier molecular flexibility index (Phi) is 7.04. The summed E-state index contributed by atoms with van der Waals surface area (Å²) in [6, 6.07) is 12.3. The second kappa shape index (κ2) is 9.92. The molecule has 0 spiro atoms. The maximum Gasteiger partial charge on any atom is 0.221 e. The van der Waals surface area contributed by atoms with Gasteiger partial charge in [-0.3, -0.25) is 4.98 Å². The SMILES string of the molecule is C=N/C(N)=N\C(Nc1ccc(Sc2ccncc2)cc1)=C1CCCCCC1. The Morgan fingerprint density at radius 1 is 0.963 bits per heavy atom. The molecule has 1 aliphatic carbocycles. The first-order valence-electron chi connectivity index (χ1n) is 9.22. The number of pyridine rings is 1. The van der Waals surface area contributed by atoms with Gasteiger partial charge in [-0.05, 0) is 74.4 Å². The average Bonchev–Trinajstić information content (AvgIpc) is 2.99. The molecule has 1 aromatic heterocycles. The maximum atomic E-state index is 5.82. The summed E-state index contributed by atoms with van der Waals surface area (Å²) in [6.07, 6.45) is 10.6. The van der Waals surface area contributed by atoms with Gasteiger partial charge >= 0.3 is 0 Å². The molecule has 5 nitrogen and oxygen atoms in total. The molecule has 0 aliphatic heterocycles. The first-order chi connectivity index (χ1) is 13.2. The van der Waals surface area contributed by atoms with Crippen LogP contribution in [-0.4, -0.2) is 17.7 Å². The van der Waals surface area contributed by atoms with E-state index in [1.807, 2.05) is 12.1 Å². The minimum absolute atomic E-state index is 0.194. The van der Waals surface area contributed by atoms with Crippen molar-refractivity contribution in [2.75, 3.05) is 5.32 Å². The van der Waals surface area contributed by atoms with Gasteiger partial charge in [0, 0.05) is 27.9 Å². The van der Waals surface area contributed by atoms with Crippen LogP contribution in [-0.2, 0) is 0 Å². The molecule has 0 bridgehead atoms. The molecule has 0 amide bonds. The average molecular weight is 380 g/mol. The van der Waals surface area contributed by atoms with Gasteiger partial charge < -0.3 is 11.1 Å². The van der Waals surface area contributed by atoms with Crippen LogP contribution < -0.4 is 11.1 Å².